The van der Waals surface area contributed by atoms with Crippen LogP contribution in [0.25, 0.3) is 0 Å². The number of hydrogen-bond acceptors (Lipinski definition) is 5. The summed E-state index contributed by atoms with van der Waals surface area (Å²) in [6.45, 7) is 6.36. The first-order chi connectivity index (χ1) is 9.93. The number of hydrogen-bond donors (Lipinski definition) is 2. The highest BCUT2D eigenvalue weighted by molar-refractivity contribution is 5.76. The number of nitro benzene ring substituents is 1. The van der Waals surface area contributed by atoms with E-state index in [1.54, 1.807) is 19.1 Å². The number of nitrogens with one attached hydrogen (secondary N) is 2. The number of nitrogens with zero attached hydrogens (tertiary/aromatic N) is 1. The summed E-state index contributed by atoms with van der Waals surface area (Å²) >= 11 is 0. The van der Waals surface area contributed by atoms with E-state index in [0.717, 1.165) is 0 Å². The molecule has 0 unspecified atom stereocenters. The molecule has 0 aromatic heterocycles. The Bertz CT molecular complexity index is 503. The zero-order chi connectivity index (χ0) is 15.8. The van der Waals surface area contributed by atoms with Gasteiger partial charge in [0.1, 0.15) is 0 Å². The number of anilines is 1. The minimum atomic E-state index is -0.481. The second-order valence-electron chi connectivity index (χ2n) is 4.77. The van der Waals surface area contributed by atoms with Crippen molar-refractivity contribution in [3.05, 3.63) is 28.3 Å². The van der Waals surface area contributed by atoms with E-state index in [-0.39, 0.29) is 23.4 Å². The van der Waals surface area contributed by atoms with Crippen molar-refractivity contribution < 1.29 is 14.5 Å². The summed E-state index contributed by atoms with van der Waals surface area (Å²) in [7, 11) is 0. The first-order valence-electron chi connectivity index (χ1n) is 6.88. The average molecular weight is 295 g/mol. The highest BCUT2D eigenvalue weighted by Gasteiger charge is 2.15. The molecule has 0 bridgehead atoms. The quantitative estimate of drug-likeness (QED) is 0.567. The van der Waals surface area contributed by atoms with Gasteiger partial charge in [-0.25, -0.2) is 0 Å². The maximum absolute atomic E-state index is 11.5. The van der Waals surface area contributed by atoms with Gasteiger partial charge in [0.15, 0.2) is 5.75 Å². The molecule has 1 rings (SSSR count). The van der Waals surface area contributed by atoms with Gasteiger partial charge in [-0.15, -0.1) is 0 Å². The van der Waals surface area contributed by atoms with Crippen LogP contribution in [0.1, 0.15) is 27.2 Å². The van der Waals surface area contributed by atoms with Crippen LogP contribution in [0.5, 0.6) is 5.75 Å². The van der Waals surface area contributed by atoms with Crippen LogP contribution in [0.4, 0.5) is 11.4 Å². The summed E-state index contributed by atoms with van der Waals surface area (Å²) in [4.78, 5) is 21.9. The Morgan fingerprint density at radius 2 is 2.14 bits per heavy atom. The molecule has 0 aliphatic rings. The van der Waals surface area contributed by atoms with Crippen molar-refractivity contribution >= 4 is 17.3 Å². The monoisotopic (exact) mass is 295 g/mol. The second-order valence-corrected chi connectivity index (χ2v) is 4.77. The van der Waals surface area contributed by atoms with E-state index in [9.17, 15) is 14.9 Å². The highest BCUT2D eigenvalue weighted by atomic mass is 16.6. The van der Waals surface area contributed by atoms with Crippen molar-refractivity contribution in [1.29, 1.82) is 0 Å². The molecule has 7 nitrogen and oxygen atoms in total. The van der Waals surface area contributed by atoms with E-state index in [0.29, 0.717) is 25.3 Å². The predicted molar refractivity (Wildman–Crippen MR) is 80.7 cm³/mol. The summed E-state index contributed by atoms with van der Waals surface area (Å²) in [6.07, 6.45) is 0.332. The van der Waals surface area contributed by atoms with Gasteiger partial charge in [-0.1, -0.05) is 0 Å². The van der Waals surface area contributed by atoms with Crippen molar-refractivity contribution in [1.82, 2.24) is 5.32 Å². The zero-order valence-corrected chi connectivity index (χ0v) is 12.5. The first-order valence-corrected chi connectivity index (χ1v) is 6.88. The third kappa shape index (κ3) is 5.68. The van der Waals surface area contributed by atoms with Crippen LogP contribution >= 0.6 is 0 Å². The van der Waals surface area contributed by atoms with Gasteiger partial charge in [-0.3, -0.25) is 14.9 Å². The molecule has 0 aliphatic carbocycles. The molecule has 0 atom stereocenters. The Labute approximate surface area is 123 Å². The van der Waals surface area contributed by atoms with Crippen LogP contribution in [-0.4, -0.2) is 30.0 Å². The topological polar surface area (TPSA) is 93.5 Å². The number of carbonyl (C=O) groups is 1. The number of ether oxygens (including phenoxy) is 1. The fourth-order valence-electron chi connectivity index (χ4n) is 1.76. The largest absolute Gasteiger partial charge is 0.487 e. The molecule has 0 aliphatic heterocycles. The molecule has 0 radical (unpaired) electrons. The van der Waals surface area contributed by atoms with E-state index in [1.165, 1.54) is 6.07 Å². The zero-order valence-electron chi connectivity index (χ0n) is 12.5. The number of nitro groups is 1. The summed E-state index contributed by atoms with van der Waals surface area (Å²) in [5, 5.41) is 16.7. The lowest BCUT2D eigenvalue weighted by molar-refractivity contribution is -0.385. The summed E-state index contributed by atoms with van der Waals surface area (Å²) in [5.41, 5.74) is 0.612. The molecule has 2 N–H and O–H groups in total. The van der Waals surface area contributed by atoms with Crippen molar-refractivity contribution in [3.8, 4) is 5.75 Å². The molecule has 21 heavy (non-hydrogen) atoms. The number of benzene rings is 1. The lowest BCUT2D eigenvalue weighted by atomic mass is 10.2. The molecular weight excluding hydrogens is 274 g/mol. The minimum Gasteiger partial charge on any atom is -0.487 e. The second kappa shape index (κ2) is 8.08. The highest BCUT2D eigenvalue weighted by Crippen LogP contribution is 2.29. The summed E-state index contributed by atoms with van der Waals surface area (Å²) < 4.78 is 5.26. The Hall–Kier alpha value is -2.31. The molecule has 0 heterocycles. The first kappa shape index (κ1) is 16.7. The molecule has 0 saturated carbocycles. The lowest BCUT2D eigenvalue weighted by Gasteiger charge is -2.11. The molecule has 1 amide bonds. The van der Waals surface area contributed by atoms with E-state index in [2.05, 4.69) is 10.6 Å². The summed E-state index contributed by atoms with van der Waals surface area (Å²) in [5.74, 6) is 0.184. The Balaban J connectivity index is 2.62. The van der Waals surface area contributed by atoms with E-state index >= 15 is 0 Å². The third-order valence-electron chi connectivity index (χ3n) is 2.59. The van der Waals surface area contributed by atoms with E-state index < -0.39 is 4.92 Å². The van der Waals surface area contributed by atoms with Gasteiger partial charge in [0, 0.05) is 36.8 Å². The SMILES string of the molecule is CCOc1cc(NCCC(=O)NC(C)C)ccc1[N+](=O)[O-]. The molecule has 0 saturated heterocycles. The van der Waals surface area contributed by atoms with Gasteiger partial charge in [0.2, 0.25) is 5.91 Å². The maximum Gasteiger partial charge on any atom is 0.311 e. The van der Waals surface area contributed by atoms with Gasteiger partial charge < -0.3 is 15.4 Å². The van der Waals surface area contributed by atoms with Crippen molar-refractivity contribution in [2.45, 2.75) is 33.2 Å². The maximum atomic E-state index is 11.5. The van der Waals surface area contributed by atoms with Crippen LogP contribution in [0.2, 0.25) is 0 Å². The molecule has 1 aromatic rings. The Kier molecular flexibility index (Phi) is 6.45. The van der Waals surface area contributed by atoms with Gasteiger partial charge in [0.05, 0.1) is 11.5 Å². The van der Waals surface area contributed by atoms with Gasteiger partial charge in [-0.05, 0) is 26.8 Å². The number of amides is 1. The molecule has 116 valence electrons. The normalized spacial score (nSPS) is 10.3. The van der Waals surface area contributed by atoms with Crippen molar-refractivity contribution in [3.63, 3.8) is 0 Å². The van der Waals surface area contributed by atoms with Crippen LogP contribution in [0, 0.1) is 10.1 Å². The lowest BCUT2D eigenvalue weighted by Crippen LogP contribution is -2.31. The van der Waals surface area contributed by atoms with Crippen LogP contribution in [0.3, 0.4) is 0 Å². The molecule has 1 aromatic carbocycles. The number of carbonyl (C=O) groups excluding carboxylic acids is 1. The van der Waals surface area contributed by atoms with Crippen LogP contribution < -0.4 is 15.4 Å². The fraction of sp³-hybridized carbons (Fsp3) is 0.500. The van der Waals surface area contributed by atoms with E-state index in [4.69, 9.17) is 4.74 Å². The molecular formula is C14H21N3O4. The van der Waals surface area contributed by atoms with Gasteiger partial charge in [0.25, 0.3) is 0 Å². The Morgan fingerprint density at radius 1 is 1.43 bits per heavy atom. The third-order valence-corrected chi connectivity index (χ3v) is 2.59. The van der Waals surface area contributed by atoms with Crippen molar-refractivity contribution in [2.75, 3.05) is 18.5 Å². The molecule has 0 fully saturated rings. The molecule has 7 heteroatoms. The van der Waals surface area contributed by atoms with Gasteiger partial charge >= 0.3 is 5.69 Å². The smallest absolute Gasteiger partial charge is 0.311 e. The molecule has 0 spiro atoms. The van der Waals surface area contributed by atoms with Crippen molar-refractivity contribution in [2.24, 2.45) is 0 Å². The Morgan fingerprint density at radius 3 is 2.71 bits per heavy atom. The van der Waals surface area contributed by atoms with Crippen LogP contribution in [-0.2, 0) is 4.79 Å². The predicted octanol–water partition coefficient (Wildman–Crippen LogP) is 2.32. The van der Waals surface area contributed by atoms with Crippen LogP contribution in [0.15, 0.2) is 18.2 Å². The van der Waals surface area contributed by atoms with Gasteiger partial charge in [-0.2, -0.15) is 0 Å². The fourth-order valence-corrected chi connectivity index (χ4v) is 1.76. The standard InChI is InChI=1S/C14H21N3O4/c1-4-21-13-9-11(5-6-12(13)17(19)20)15-8-7-14(18)16-10(2)3/h5-6,9-10,15H,4,7-8H2,1-3H3,(H,16,18). The average Bonchev–Trinajstić information content (AvgIpc) is 2.38. The van der Waals surface area contributed by atoms with E-state index in [1.807, 2.05) is 13.8 Å². The number of rotatable bonds is 8. The minimum absolute atomic E-state index is 0.0376. The summed E-state index contributed by atoms with van der Waals surface area (Å²) in [6, 6.07) is 4.67.